The van der Waals surface area contributed by atoms with E-state index >= 15 is 0 Å². The molecule has 0 saturated carbocycles. The third-order valence-electron chi connectivity index (χ3n) is 6.12. The third kappa shape index (κ3) is 3.41. The monoisotopic (exact) mass is 444 g/mol. The van der Waals surface area contributed by atoms with Crippen molar-refractivity contribution in [1.82, 2.24) is 9.97 Å². The number of pyridine rings is 2. The van der Waals surface area contributed by atoms with E-state index in [-0.39, 0.29) is 11.6 Å². The van der Waals surface area contributed by atoms with Gasteiger partial charge in [-0.1, -0.05) is 72.8 Å². The Morgan fingerprint density at radius 1 is 0.441 bits per heavy atom. The van der Waals surface area contributed by atoms with Crippen molar-refractivity contribution in [3.8, 4) is 33.6 Å². The average Bonchev–Trinajstić information content (AvgIpc) is 2.89. The molecule has 2 aromatic heterocycles. The molecule has 0 aliphatic rings. The first kappa shape index (κ1) is 20.2. The zero-order valence-electron chi connectivity index (χ0n) is 18.0. The summed E-state index contributed by atoms with van der Waals surface area (Å²) in [5, 5.41) is 2.82. The summed E-state index contributed by atoms with van der Waals surface area (Å²) in [5.41, 5.74) is 4.72. The number of rotatable bonds is 3. The molecular weight excluding hydrogens is 426 g/mol. The summed E-state index contributed by atoms with van der Waals surface area (Å²) in [4.78, 5) is 9.21. The zero-order valence-corrected chi connectivity index (χ0v) is 18.0. The first-order chi connectivity index (χ1) is 16.7. The lowest BCUT2D eigenvalue weighted by Crippen LogP contribution is -1.91. The molecule has 4 aromatic carbocycles. The van der Waals surface area contributed by atoms with Gasteiger partial charge in [0.15, 0.2) is 0 Å². The van der Waals surface area contributed by atoms with Crippen LogP contribution >= 0.6 is 0 Å². The van der Waals surface area contributed by atoms with E-state index in [0.29, 0.717) is 22.2 Å². The number of aromatic nitrogens is 2. The second-order valence-corrected chi connectivity index (χ2v) is 8.15. The van der Waals surface area contributed by atoms with Crippen molar-refractivity contribution < 1.29 is 8.78 Å². The average molecular weight is 444 g/mol. The molecule has 162 valence electrons. The van der Waals surface area contributed by atoms with Crippen molar-refractivity contribution in [2.75, 3.05) is 0 Å². The summed E-state index contributed by atoms with van der Waals surface area (Å²) in [7, 11) is 0. The smallest absolute Gasteiger partial charge is 0.131 e. The van der Waals surface area contributed by atoms with Crippen LogP contribution in [0, 0.1) is 11.6 Å². The van der Waals surface area contributed by atoms with Crippen molar-refractivity contribution >= 4 is 21.5 Å². The van der Waals surface area contributed by atoms with Crippen LogP contribution < -0.4 is 0 Å². The summed E-state index contributed by atoms with van der Waals surface area (Å²) < 4.78 is 29.0. The van der Waals surface area contributed by atoms with Gasteiger partial charge in [-0.2, -0.15) is 0 Å². The van der Waals surface area contributed by atoms with Crippen molar-refractivity contribution in [3.05, 3.63) is 121 Å². The molecule has 0 N–H and O–H groups in total. The minimum absolute atomic E-state index is 0.261. The fraction of sp³-hybridized carbons (Fsp3) is 0. The van der Waals surface area contributed by atoms with Gasteiger partial charge < -0.3 is 0 Å². The van der Waals surface area contributed by atoms with E-state index in [1.807, 2.05) is 72.8 Å². The van der Waals surface area contributed by atoms with Crippen molar-refractivity contribution in [3.63, 3.8) is 0 Å². The molecule has 6 aromatic rings. The van der Waals surface area contributed by atoms with Crippen LogP contribution in [-0.2, 0) is 0 Å². The molecule has 4 heteroatoms. The summed E-state index contributed by atoms with van der Waals surface area (Å²) >= 11 is 0. The molecular formula is C30H18F2N2. The molecule has 0 saturated heterocycles. The fourth-order valence-electron chi connectivity index (χ4n) is 4.47. The van der Waals surface area contributed by atoms with Gasteiger partial charge in [-0.3, -0.25) is 9.97 Å². The number of benzene rings is 4. The second-order valence-electron chi connectivity index (χ2n) is 8.15. The van der Waals surface area contributed by atoms with Gasteiger partial charge in [-0.25, -0.2) is 8.78 Å². The summed E-state index contributed by atoms with van der Waals surface area (Å²) in [6.45, 7) is 0. The third-order valence-corrected chi connectivity index (χ3v) is 6.12. The van der Waals surface area contributed by atoms with E-state index in [4.69, 9.17) is 0 Å². The molecule has 0 amide bonds. The van der Waals surface area contributed by atoms with Gasteiger partial charge in [0.05, 0.1) is 11.4 Å². The number of hydrogen-bond donors (Lipinski definition) is 0. The molecule has 2 heterocycles. The van der Waals surface area contributed by atoms with E-state index in [1.165, 1.54) is 12.1 Å². The van der Waals surface area contributed by atoms with Gasteiger partial charge >= 0.3 is 0 Å². The lowest BCUT2D eigenvalue weighted by molar-refractivity contribution is 0.639. The van der Waals surface area contributed by atoms with Gasteiger partial charge in [0.2, 0.25) is 0 Å². The molecule has 0 bridgehead atoms. The van der Waals surface area contributed by atoms with Crippen LogP contribution in [0.3, 0.4) is 0 Å². The molecule has 0 radical (unpaired) electrons. The highest BCUT2D eigenvalue weighted by Crippen LogP contribution is 2.32. The Balaban J connectivity index is 1.35. The van der Waals surface area contributed by atoms with Crippen molar-refractivity contribution in [2.24, 2.45) is 0 Å². The van der Waals surface area contributed by atoms with Crippen LogP contribution in [0.2, 0.25) is 0 Å². The van der Waals surface area contributed by atoms with Crippen molar-refractivity contribution in [1.29, 1.82) is 0 Å². The number of nitrogens with zero attached hydrogens (tertiary/aromatic N) is 2. The maximum Gasteiger partial charge on any atom is 0.131 e. The van der Waals surface area contributed by atoms with Crippen LogP contribution in [0.4, 0.5) is 8.78 Å². The SMILES string of the molecule is Fc1cccc2cccc(-c3ccc(-c4ccc(-c5cccc6cccc(F)c56)nc4)cn3)c12. The van der Waals surface area contributed by atoms with Crippen LogP contribution in [0.1, 0.15) is 0 Å². The topological polar surface area (TPSA) is 25.8 Å². The first-order valence-corrected chi connectivity index (χ1v) is 11.0. The largest absolute Gasteiger partial charge is 0.256 e. The van der Waals surface area contributed by atoms with Crippen LogP contribution in [0.25, 0.3) is 55.2 Å². The van der Waals surface area contributed by atoms with Crippen LogP contribution in [-0.4, -0.2) is 9.97 Å². The Kier molecular flexibility index (Phi) is 4.84. The Bertz CT molecular complexity index is 1520. The van der Waals surface area contributed by atoms with Gasteiger partial charge in [0, 0.05) is 45.4 Å². The van der Waals surface area contributed by atoms with E-state index in [2.05, 4.69) is 9.97 Å². The van der Waals surface area contributed by atoms with E-state index < -0.39 is 0 Å². The Morgan fingerprint density at radius 3 is 1.24 bits per heavy atom. The standard InChI is InChI=1S/C30H18F2N2/c31-25-11-3-7-19-5-1-9-23(29(19)25)27-15-13-21(17-33-27)22-14-16-28(34-18-22)24-10-2-6-20-8-4-12-26(32)30(20)24/h1-18H. The van der Waals surface area contributed by atoms with E-state index in [9.17, 15) is 8.78 Å². The molecule has 6 rings (SSSR count). The lowest BCUT2D eigenvalue weighted by Gasteiger charge is -2.09. The lowest BCUT2D eigenvalue weighted by atomic mass is 9.99. The molecule has 0 aliphatic heterocycles. The zero-order chi connectivity index (χ0) is 23.1. The van der Waals surface area contributed by atoms with E-state index in [1.54, 1.807) is 24.5 Å². The molecule has 0 unspecified atom stereocenters. The van der Waals surface area contributed by atoms with E-state index in [0.717, 1.165) is 33.0 Å². The van der Waals surface area contributed by atoms with Gasteiger partial charge in [0.25, 0.3) is 0 Å². The number of fused-ring (bicyclic) bond motifs is 2. The predicted octanol–water partition coefficient (Wildman–Crippen LogP) is 8.06. The summed E-state index contributed by atoms with van der Waals surface area (Å²) in [5.74, 6) is -0.521. The van der Waals surface area contributed by atoms with Gasteiger partial charge in [-0.05, 0) is 35.0 Å². The molecule has 2 nitrogen and oxygen atoms in total. The molecule has 0 atom stereocenters. The van der Waals surface area contributed by atoms with Crippen molar-refractivity contribution in [2.45, 2.75) is 0 Å². The number of halogens is 2. The second kappa shape index (κ2) is 8.16. The Morgan fingerprint density at radius 2 is 0.853 bits per heavy atom. The minimum Gasteiger partial charge on any atom is -0.256 e. The first-order valence-electron chi connectivity index (χ1n) is 11.0. The number of hydrogen-bond acceptors (Lipinski definition) is 2. The maximum atomic E-state index is 14.5. The summed E-state index contributed by atoms with van der Waals surface area (Å²) in [6, 6.07) is 29.2. The highest BCUT2D eigenvalue weighted by atomic mass is 19.1. The molecule has 0 aliphatic carbocycles. The molecule has 34 heavy (non-hydrogen) atoms. The quantitative estimate of drug-likeness (QED) is 0.276. The summed E-state index contributed by atoms with van der Waals surface area (Å²) in [6.07, 6.45) is 3.53. The molecule has 0 spiro atoms. The van der Waals surface area contributed by atoms with Crippen LogP contribution in [0.5, 0.6) is 0 Å². The normalized spacial score (nSPS) is 11.2. The molecule has 0 fully saturated rings. The maximum absolute atomic E-state index is 14.5. The highest BCUT2D eigenvalue weighted by molar-refractivity contribution is 5.97. The Labute approximate surface area is 195 Å². The fourth-order valence-corrected chi connectivity index (χ4v) is 4.47. The van der Waals surface area contributed by atoms with Gasteiger partial charge in [0.1, 0.15) is 11.6 Å². The van der Waals surface area contributed by atoms with Crippen LogP contribution in [0.15, 0.2) is 109 Å². The predicted molar refractivity (Wildman–Crippen MR) is 133 cm³/mol. The minimum atomic E-state index is -0.261. The highest BCUT2D eigenvalue weighted by Gasteiger charge is 2.11. The Hall–Kier alpha value is -4.44. The van der Waals surface area contributed by atoms with Gasteiger partial charge in [-0.15, -0.1) is 0 Å².